The Labute approximate surface area is 209 Å². The van der Waals surface area contributed by atoms with E-state index in [1.807, 2.05) is 6.92 Å². The maximum atomic E-state index is 12.7. The molecule has 3 rings (SSSR count). The number of anilines is 2. The summed E-state index contributed by atoms with van der Waals surface area (Å²) in [6.45, 7) is 2.23. The van der Waals surface area contributed by atoms with E-state index in [9.17, 15) is 14.4 Å². The Morgan fingerprint density at radius 3 is 2.08 bits per heavy atom. The number of likely N-dealkylation sites (N-methyl/N-ethyl adjacent to an activating group) is 1. The zero-order valence-corrected chi connectivity index (χ0v) is 20.4. The molecule has 0 fully saturated rings. The molecule has 3 N–H and O–H groups in total. The van der Waals surface area contributed by atoms with Gasteiger partial charge < -0.3 is 30.2 Å². The molecule has 0 aromatic heterocycles. The van der Waals surface area contributed by atoms with Gasteiger partial charge in [0.1, 0.15) is 5.75 Å². The fourth-order valence-corrected chi connectivity index (χ4v) is 3.25. The highest BCUT2D eigenvalue weighted by molar-refractivity contribution is 6.04. The molecule has 0 radical (unpaired) electrons. The molecule has 3 aromatic carbocycles. The van der Waals surface area contributed by atoms with Gasteiger partial charge in [0, 0.05) is 24.0 Å². The van der Waals surface area contributed by atoms with Crippen molar-refractivity contribution in [3.05, 3.63) is 77.9 Å². The molecule has 3 aromatic rings. The van der Waals surface area contributed by atoms with E-state index in [4.69, 9.17) is 14.2 Å². The third-order valence-corrected chi connectivity index (χ3v) is 5.09. The zero-order chi connectivity index (χ0) is 25.9. The number of hydrogen-bond donors (Lipinski definition) is 3. The van der Waals surface area contributed by atoms with Crippen LogP contribution >= 0.6 is 0 Å². The predicted octanol–water partition coefficient (Wildman–Crippen LogP) is 3.65. The summed E-state index contributed by atoms with van der Waals surface area (Å²) in [7, 11) is 3.04. The number of benzene rings is 3. The minimum atomic E-state index is -0.345. The van der Waals surface area contributed by atoms with Crippen molar-refractivity contribution >= 4 is 29.1 Å². The Balaban J connectivity index is 1.56. The van der Waals surface area contributed by atoms with E-state index in [0.29, 0.717) is 35.0 Å². The van der Waals surface area contributed by atoms with Gasteiger partial charge in [-0.2, -0.15) is 0 Å². The van der Waals surface area contributed by atoms with E-state index in [2.05, 4.69) is 16.0 Å². The summed E-state index contributed by atoms with van der Waals surface area (Å²) in [5, 5.41) is 8.12. The van der Waals surface area contributed by atoms with E-state index >= 15 is 0 Å². The minimum absolute atomic E-state index is 0.0881. The third kappa shape index (κ3) is 7.49. The molecule has 9 heteroatoms. The molecule has 9 nitrogen and oxygen atoms in total. The summed E-state index contributed by atoms with van der Waals surface area (Å²) in [5.41, 5.74) is 2.40. The van der Waals surface area contributed by atoms with Crippen LogP contribution in [0.2, 0.25) is 0 Å². The van der Waals surface area contributed by atoms with Crippen LogP contribution < -0.4 is 30.2 Å². The van der Waals surface area contributed by atoms with Crippen molar-refractivity contribution < 1.29 is 28.6 Å². The number of ether oxygens (including phenoxy) is 3. The largest absolute Gasteiger partial charge is 0.494 e. The highest BCUT2D eigenvalue weighted by Crippen LogP contribution is 2.28. The molecular weight excluding hydrogens is 462 g/mol. The van der Waals surface area contributed by atoms with Gasteiger partial charge in [-0.05, 0) is 67.1 Å². The van der Waals surface area contributed by atoms with Crippen LogP contribution in [0.25, 0.3) is 0 Å². The normalized spacial score (nSPS) is 10.2. The van der Waals surface area contributed by atoms with Crippen molar-refractivity contribution in [2.75, 3.05) is 38.0 Å². The van der Waals surface area contributed by atoms with Gasteiger partial charge in [-0.3, -0.25) is 14.4 Å². The molecule has 0 unspecified atom stereocenters. The van der Waals surface area contributed by atoms with Gasteiger partial charge in [0.25, 0.3) is 11.8 Å². The van der Waals surface area contributed by atoms with Crippen molar-refractivity contribution in [3.63, 3.8) is 0 Å². The van der Waals surface area contributed by atoms with Crippen LogP contribution in [0.5, 0.6) is 17.2 Å². The molecule has 36 heavy (non-hydrogen) atoms. The predicted molar refractivity (Wildman–Crippen MR) is 137 cm³/mol. The number of nitrogens with one attached hydrogen (secondary N) is 3. The molecule has 0 atom stereocenters. The molecule has 188 valence electrons. The maximum absolute atomic E-state index is 12.7. The second-order valence-corrected chi connectivity index (χ2v) is 7.66. The van der Waals surface area contributed by atoms with Crippen molar-refractivity contribution in [3.8, 4) is 17.2 Å². The molecule has 0 aliphatic carbocycles. The molecule has 0 saturated carbocycles. The highest BCUT2D eigenvalue weighted by Gasteiger charge is 2.13. The molecule has 0 saturated heterocycles. The Morgan fingerprint density at radius 1 is 0.778 bits per heavy atom. The van der Waals surface area contributed by atoms with Crippen LogP contribution in [0.15, 0.2) is 66.7 Å². The van der Waals surface area contributed by atoms with Gasteiger partial charge in [0.05, 0.1) is 20.1 Å². The fraction of sp³-hybridized carbons (Fsp3) is 0.222. The van der Waals surface area contributed by atoms with Crippen molar-refractivity contribution in [1.82, 2.24) is 5.32 Å². The first-order valence-corrected chi connectivity index (χ1v) is 11.4. The molecule has 0 aliphatic heterocycles. The van der Waals surface area contributed by atoms with Crippen LogP contribution in [-0.4, -0.2) is 45.1 Å². The van der Waals surface area contributed by atoms with E-state index < -0.39 is 0 Å². The number of amides is 3. The van der Waals surface area contributed by atoms with E-state index in [-0.39, 0.29) is 30.7 Å². The molecular formula is C27H29N3O6. The molecule has 3 amide bonds. The van der Waals surface area contributed by atoms with E-state index in [0.717, 1.165) is 11.3 Å². The zero-order valence-electron chi connectivity index (χ0n) is 20.4. The van der Waals surface area contributed by atoms with Crippen LogP contribution in [-0.2, 0) is 16.0 Å². The summed E-state index contributed by atoms with van der Waals surface area (Å²) < 4.78 is 16.3. The summed E-state index contributed by atoms with van der Waals surface area (Å²) in [4.78, 5) is 36.5. The Morgan fingerprint density at radius 2 is 1.44 bits per heavy atom. The first-order chi connectivity index (χ1) is 17.4. The van der Waals surface area contributed by atoms with Gasteiger partial charge in [-0.1, -0.05) is 12.1 Å². The van der Waals surface area contributed by atoms with Gasteiger partial charge in [-0.25, -0.2) is 0 Å². The summed E-state index contributed by atoms with van der Waals surface area (Å²) >= 11 is 0. The lowest BCUT2D eigenvalue weighted by Gasteiger charge is -2.13. The Bertz CT molecular complexity index is 1190. The summed E-state index contributed by atoms with van der Waals surface area (Å²) in [5.74, 6) is 0.593. The number of hydrogen-bond acceptors (Lipinski definition) is 6. The average molecular weight is 492 g/mol. The lowest BCUT2D eigenvalue weighted by molar-refractivity contribution is -0.120. The Hall–Kier alpha value is -4.53. The van der Waals surface area contributed by atoms with E-state index in [1.165, 1.54) is 13.2 Å². The van der Waals surface area contributed by atoms with Crippen molar-refractivity contribution in [1.29, 1.82) is 0 Å². The molecule has 0 heterocycles. The average Bonchev–Trinajstić information content (AvgIpc) is 2.89. The number of methoxy groups -OCH3 is 1. The molecule has 0 bridgehead atoms. The third-order valence-electron chi connectivity index (χ3n) is 5.09. The van der Waals surface area contributed by atoms with Crippen LogP contribution in [0, 0.1) is 0 Å². The fourth-order valence-electron chi connectivity index (χ4n) is 3.25. The van der Waals surface area contributed by atoms with Crippen LogP contribution in [0.4, 0.5) is 11.4 Å². The van der Waals surface area contributed by atoms with Gasteiger partial charge in [0.2, 0.25) is 5.91 Å². The van der Waals surface area contributed by atoms with Gasteiger partial charge in [0.15, 0.2) is 18.1 Å². The van der Waals surface area contributed by atoms with Gasteiger partial charge in [-0.15, -0.1) is 0 Å². The SMILES string of the molecule is CCOc1ccc(NC(=O)COc2ccc(C(=O)Nc3ccc(CC(=O)NC)cc3)cc2OC)cc1. The van der Waals surface area contributed by atoms with Crippen LogP contribution in [0.3, 0.4) is 0 Å². The number of rotatable bonds is 11. The monoisotopic (exact) mass is 491 g/mol. The standard InChI is InChI=1S/C27H29N3O6/c1-4-35-22-12-10-20(11-13-22)29-26(32)17-36-23-14-7-19(16-24(23)34-3)27(33)30-21-8-5-18(6-9-21)15-25(31)28-2/h5-14,16H,4,15,17H2,1-3H3,(H,28,31)(H,29,32)(H,30,33). The first-order valence-electron chi connectivity index (χ1n) is 11.4. The maximum Gasteiger partial charge on any atom is 0.262 e. The molecule has 0 aliphatic rings. The summed E-state index contributed by atoms with van der Waals surface area (Å²) in [6.07, 6.45) is 0.265. The topological polar surface area (TPSA) is 115 Å². The lowest BCUT2D eigenvalue weighted by Crippen LogP contribution is -2.20. The Kier molecular flexibility index (Phi) is 9.27. The minimum Gasteiger partial charge on any atom is -0.494 e. The smallest absolute Gasteiger partial charge is 0.262 e. The highest BCUT2D eigenvalue weighted by atomic mass is 16.5. The first kappa shape index (κ1) is 26.1. The van der Waals surface area contributed by atoms with E-state index in [1.54, 1.807) is 67.7 Å². The lowest BCUT2D eigenvalue weighted by atomic mass is 10.1. The number of carbonyl (C=O) groups excluding carboxylic acids is 3. The van der Waals surface area contributed by atoms with Gasteiger partial charge >= 0.3 is 0 Å². The molecule has 0 spiro atoms. The van der Waals surface area contributed by atoms with Crippen LogP contribution in [0.1, 0.15) is 22.8 Å². The quantitative estimate of drug-likeness (QED) is 0.377. The second kappa shape index (κ2) is 12.8. The summed E-state index contributed by atoms with van der Waals surface area (Å²) in [6, 6.07) is 18.7. The van der Waals surface area contributed by atoms with Crippen molar-refractivity contribution in [2.45, 2.75) is 13.3 Å². The van der Waals surface area contributed by atoms with Crippen molar-refractivity contribution in [2.24, 2.45) is 0 Å². The second-order valence-electron chi connectivity index (χ2n) is 7.66. The number of carbonyl (C=O) groups is 3.